The third-order valence-electron chi connectivity index (χ3n) is 2.69. The number of carbonyl (C=O) groups excluding carboxylic acids is 1. The van der Waals surface area contributed by atoms with E-state index in [1.54, 1.807) is 12.1 Å². The molecule has 0 saturated heterocycles. The Bertz CT molecular complexity index is 583. The molecule has 19 heavy (non-hydrogen) atoms. The monoisotopic (exact) mass is 270 g/mol. The first-order valence-electron chi connectivity index (χ1n) is 5.84. The fraction of sp³-hybridized carbons (Fsp3) is 0.0625. The molecule has 2 aromatic carbocycles. The lowest BCUT2D eigenvalue weighted by atomic mass is 10.1. The highest BCUT2D eigenvalue weighted by atomic mass is 32.1. The van der Waals surface area contributed by atoms with Crippen molar-refractivity contribution < 1.29 is 9.53 Å². The van der Waals surface area contributed by atoms with E-state index in [4.69, 9.17) is 0 Å². The molecule has 0 atom stereocenters. The SMILES string of the molecule is COC(=O)c1ccc(C=Cc2ccc(S)cc2)cc1. The molecule has 0 bridgehead atoms. The molecule has 2 rings (SSSR count). The van der Waals surface area contributed by atoms with E-state index >= 15 is 0 Å². The molecule has 0 unspecified atom stereocenters. The third-order valence-corrected chi connectivity index (χ3v) is 2.99. The van der Waals surface area contributed by atoms with Crippen molar-refractivity contribution in [2.75, 3.05) is 7.11 Å². The third kappa shape index (κ3) is 3.73. The molecule has 0 aromatic heterocycles. The molecule has 0 saturated carbocycles. The zero-order valence-corrected chi connectivity index (χ0v) is 11.4. The van der Waals surface area contributed by atoms with Gasteiger partial charge in [0, 0.05) is 4.90 Å². The van der Waals surface area contributed by atoms with Crippen molar-refractivity contribution in [3.63, 3.8) is 0 Å². The topological polar surface area (TPSA) is 26.3 Å². The molecule has 0 spiro atoms. The Labute approximate surface area is 118 Å². The minimum atomic E-state index is -0.320. The fourth-order valence-electron chi connectivity index (χ4n) is 1.63. The maximum Gasteiger partial charge on any atom is 0.337 e. The summed E-state index contributed by atoms with van der Waals surface area (Å²) in [7, 11) is 1.38. The molecular weight excluding hydrogens is 256 g/mol. The lowest BCUT2D eigenvalue weighted by molar-refractivity contribution is 0.0601. The second-order valence-electron chi connectivity index (χ2n) is 4.04. The zero-order chi connectivity index (χ0) is 13.7. The summed E-state index contributed by atoms with van der Waals surface area (Å²) in [5.41, 5.74) is 2.69. The van der Waals surface area contributed by atoms with Gasteiger partial charge in [-0.3, -0.25) is 0 Å². The van der Waals surface area contributed by atoms with Gasteiger partial charge in [-0.05, 0) is 35.4 Å². The van der Waals surface area contributed by atoms with Crippen molar-refractivity contribution in [2.45, 2.75) is 4.90 Å². The number of rotatable bonds is 3. The minimum absolute atomic E-state index is 0.320. The molecule has 0 aliphatic heterocycles. The lowest BCUT2D eigenvalue weighted by Gasteiger charge is -1.99. The van der Waals surface area contributed by atoms with Gasteiger partial charge < -0.3 is 4.74 Å². The second kappa shape index (κ2) is 6.25. The number of thiol groups is 1. The summed E-state index contributed by atoms with van der Waals surface area (Å²) in [5.74, 6) is -0.320. The molecular formula is C16H14O2S. The molecule has 3 heteroatoms. The first kappa shape index (κ1) is 13.4. The molecule has 0 fully saturated rings. The van der Waals surface area contributed by atoms with E-state index in [0.29, 0.717) is 5.56 Å². The number of benzene rings is 2. The predicted octanol–water partition coefficient (Wildman–Crippen LogP) is 3.93. The number of hydrogen-bond acceptors (Lipinski definition) is 3. The Hall–Kier alpha value is -2.00. The molecule has 0 heterocycles. The molecule has 0 aliphatic carbocycles. The van der Waals surface area contributed by atoms with E-state index in [2.05, 4.69) is 17.4 Å². The van der Waals surface area contributed by atoms with Crippen LogP contribution < -0.4 is 0 Å². The maximum absolute atomic E-state index is 11.3. The standard InChI is InChI=1S/C16H14O2S/c1-18-16(17)14-8-4-12(5-9-14)2-3-13-6-10-15(19)11-7-13/h2-11,19H,1H3. The number of hydrogen-bond donors (Lipinski definition) is 1. The predicted molar refractivity (Wildman–Crippen MR) is 80.4 cm³/mol. The summed E-state index contributed by atoms with van der Waals surface area (Å²) < 4.78 is 4.65. The summed E-state index contributed by atoms with van der Waals surface area (Å²) in [4.78, 5) is 12.2. The fourth-order valence-corrected chi connectivity index (χ4v) is 1.78. The number of methoxy groups -OCH3 is 1. The number of esters is 1. The minimum Gasteiger partial charge on any atom is -0.465 e. The van der Waals surface area contributed by atoms with Gasteiger partial charge in [0.25, 0.3) is 0 Å². The molecule has 0 aliphatic rings. The molecule has 96 valence electrons. The van der Waals surface area contributed by atoms with Crippen molar-refractivity contribution in [1.82, 2.24) is 0 Å². The summed E-state index contributed by atoms with van der Waals surface area (Å²) in [6, 6.07) is 15.2. The molecule has 0 radical (unpaired) electrons. The van der Waals surface area contributed by atoms with Crippen molar-refractivity contribution in [3.8, 4) is 0 Å². The quantitative estimate of drug-likeness (QED) is 0.519. The summed E-state index contributed by atoms with van der Waals surface area (Å²) in [5, 5.41) is 0. The van der Waals surface area contributed by atoms with Crippen molar-refractivity contribution in [2.24, 2.45) is 0 Å². The largest absolute Gasteiger partial charge is 0.465 e. The lowest BCUT2D eigenvalue weighted by Crippen LogP contribution is -2.00. The number of ether oxygens (including phenoxy) is 1. The van der Waals surface area contributed by atoms with E-state index in [-0.39, 0.29) is 5.97 Å². The summed E-state index contributed by atoms with van der Waals surface area (Å²) >= 11 is 4.24. The van der Waals surface area contributed by atoms with Crippen LogP contribution >= 0.6 is 12.6 Å². The van der Waals surface area contributed by atoms with Gasteiger partial charge in [-0.15, -0.1) is 12.6 Å². The van der Waals surface area contributed by atoms with Crippen LogP contribution in [0.4, 0.5) is 0 Å². The average Bonchev–Trinajstić information content (AvgIpc) is 2.46. The first-order valence-corrected chi connectivity index (χ1v) is 6.29. The van der Waals surface area contributed by atoms with Gasteiger partial charge in [0.05, 0.1) is 12.7 Å². The Morgan fingerprint density at radius 1 is 0.947 bits per heavy atom. The highest BCUT2D eigenvalue weighted by molar-refractivity contribution is 7.80. The normalized spacial score (nSPS) is 10.6. The maximum atomic E-state index is 11.3. The van der Waals surface area contributed by atoms with Crippen LogP contribution in [-0.4, -0.2) is 13.1 Å². The highest BCUT2D eigenvalue weighted by Crippen LogP contribution is 2.12. The zero-order valence-electron chi connectivity index (χ0n) is 10.5. The second-order valence-corrected chi connectivity index (χ2v) is 4.55. The highest BCUT2D eigenvalue weighted by Gasteiger charge is 2.02. The Balaban J connectivity index is 2.11. The van der Waals surface area contributed by atoms with Crippen LogP contribution in [0.1, 0.15) is 21.5 Å². The van der Waals surface area contributed by atoms with Crippen LogP contribution in [-0.2, 0) is 4.74 Å². The van der Waals surface area contributed by atoms with E-state index in [0.717, 1.165) is 16.0 Å². The molecule has 2 aromatic rings. The van der Waals surface area contributed by atoms with E-state index in [9.17, 15) is 4.79 Å². The Morgan fingerprint density at radius 2 is 1.42 bits per heavy atom. The first-order chi connectivity index (χ1) is 9.19. The van der Waals surface area contributed by atoms with E-state index in [1.807, 2.05) is 48.6 Å². The van der Waals surface area contributed by atoms with Crippen LogP contribution in [0, 0.1) is 0 Å². The Kier molecular flexibility index (Phi) is 4.42. The van der Waals surface area contributed by atoms with Gasteiger partial charge in [-0.2, -0.15) is 0 Å². The molecule has 0 amide bonds. The molecule has 2 nitrogen and oxygen atoms in total. The van der Waals surface area contributed by atoms with Gasteiger partial charge in [0.2, 0.25) is 0 Å². The van der Waals surface area contributed by atoms with Crippen LogP contribution in [0.25, 0.3) is 12.2 Å². The van der Waals surface area contributed by atoms with Crippen molar-refractivity contribution >= 4 is 30.8 Å². The summed E-state index contributed by atoms with van der Waals surface area (Å²) in [6.45, 7) is 0. The number of carbonyl (C=O) groups is 1. The average molecular weight is 270 g/mol. The van der Waals surface area contributed by atoms with Crippen LogP contribution in [0.2, 0.25) is 0 Å². The molecule has 0 N–H and O–H groups in total. The van der Waals surface area contributed by atoms with E-state index < -0.39 is 0 Å². The van der Waals surface area contributed by atoms with E-state index in [1.165, 1.54) is 7.11 Å². The van der Waals surface area contributed by atoms with Gasteiger partial charge in [-0.25, -0.2) is 4.79 Å². The van der Waals surface area contributed by atoms with Crippen molar-refractivity contribution in [3.05, 3.63) is 65.2 Å². The van der Waals surface area contributed by atoms with Crippen LogP contribution in [0.5, 0.6) is 0 Å². The van der Waals surface area contributed by atoms with Crippen LogP contribution in [0.3, 0.4) is 0 Å². The van der Waals surface area contributed by atoms with Gasteiger partial charge in [0.15, 0.2) is 0 Å². The van der Waals surface area contributed by atoms with Gasteiger partial charge in [-0.1, -0.05) is 36.4 Å². The van der Waals surface area contributed by atoms with Crippen molar-refractivity contribution in [1.29, 1.82) is 0 Å². The van der Waals surface area contributed by atoms with Gasteiger partial charge in [0.1, 0.15) is 0 Å². The smallest absolute Gasteiger partial charge is 0.337 e. The van der Waals surface area contributed by atoms with Crippen LogP contribution in [0.15, 0.2) is 53.4 Å². The Morgan fingerprint density at radius 3 is 1.89 bits per heavy atom. The van der Waals surface area contributed by atoms with Gasteiger partial charge >= 0.3 is 5.97 Å². The summed E-state index contributed by atoms with van der Waals surface area (Å²) in [6.07, 6.45) is 4.01.